The van der Waals surface area contributed by atoms with E-state index in [1.54, 1.807) is 36.4 Å². The summed E-state index contributed by atoms with van der Waals surface area (Å²) in [7, 11) is -1.96. The van der Waals surface area contributed by atoms with Crippen LogP contribution in [0.25, 0.3) is 10.7 Å². The van der Waals surface area contributed by atoms with Gasteiger partial charge in [-0.3, -0.25) is 4.79 Å². The molecule has 0 saturated heterocycles. The Labute approximate surface area is 176 Å². The molecule has 0 spiro atoms. The van der Waals surface area contributed by atoms with E-state index in [2.05, 4.69) is 14.7 Å². The molecule has 3 aromatic rings. The molecule has 0 atom stereocenters. The van der Waals surface area contributed by atoms with Crippen molar-refractivity contribution in [3.8, 4) is 22.3 Å². The van der Waals surface area contributed by atoms with E-state index >= 15 is 0 Å². The number of thiophene rings is 1. The van der Waals surface area contributed by atoms with Gasteiger partial charge in [0.25, 0.3) is 0 Å². The highest BCUT2D eigenvalue weighted by Gasteiger charge is 2.31. The molecule has 0 radical (unpaired) electrons. The second kappa shape index (κ2) is 7.74. The zero-order valence-electron chi connectivity index (χ0n) is 15.2. The second-order valence-electron chi connectivity index (χ2n) is 6.41. The van der Waals surface area contributed by atoms with Crippen molar-refractivity contribution in [2.24, 2.45) is 0 Å². The third-order valence-electron chi connectivity index (χ3n) is 4.28. The first-order chi connectivity index (χ1) is 13.8. The molecular formula is C19H15ClN2O5S2. The molecule has 29 heavy (non-hydrogen) atoms. The monoisotopic (exact) mass is 450 g/mol. The van der Waals surface area contributed by atoms with Gasteiger partial charge in [0.1, 0.15) is 5.75 Å². The van der Waals surface area contributed by atoms with Gasteiger partial charge in [0.05, 0.1) is 45.5 Å². The number of carbonyl (C=O) groups is 1. The summed E-state index contributed by atoms with van der Waals surface area (Å²) >= 11 is 7.31. The van der Waals surface area contributed by atoms with Gasteiger partial charge >= 0.3 is 5.97 Å². The molecule has 0 aliphatic carbocycles. The fourth-order valence-corrected chi connectivity index (χ4v) is 5.37. The maximum Gasteiger partial charge on any atom is 0.309 e. The van der Waals surface area contributed by atoms with Crippen molar-refractivity contribution in [2.75, 3.05) is 7.11 Å². The third-order valence-corrected chi connectivity index (χ3v) is 6.95. The number of benzene rings is 1. The van der Waals surface area contributed by atoms with Gasteiger partial charge in [-0.1, -0.05) is 23.7 Å². The first kappa shape index (κ1) is 19.8. The van der Waals surface area contributed by atoms with Crippen molar-refractivity contribution in [3.63, 3.8) is 0 Å². The van der Waals surface area contributed by atoms with Crippen LogP contribution >= 0.6 is 22.9 Å². The van der Waals surface area contributed by atoms with Gasteiger partial charge in [-0.2, -0.15) is 4.98 Å². The average Bonchev–Trinajstić information content (AvgIpc) is 3.24. The number of esters is 1. The fourth-order valence-electron chi connectivity index (χ4n) is 2.91. The standard InChI is InChI=1S/C19H15ClN2O5S2/c1-26-17(23)8-11-2-4-12(5-3-11)27-19-13-9-29(24,25)10-14(13)21-18(22-19)15-6-7-16(20)28-15/h2-7H,8-10H2,1H3. The van der Waals surface area contributed by atoms with Gasteiger partial charge in [-0.25, -0.2) is 13.4 Å². The number of nitrogens with zero attached hydrogens (tertiary/aromatic N) is 2. The van der Waals surface area contributed by atoms with Crippen LogP contribution in [0.4, 0.5) is 0 Å². The number of sulfone groups is 1. The van der Waals surface area contributed by atoms with Gasteiger partial charge in [0, 0.05) is 0 Å². The number of carbonyl (C=O) groups excluding carboxylic acids is 1. The molecule has 150 valence electrons. The van der Waals surface area contributed by atoms with Crippen LogP contribution in [0.1, 0.15) is 16.8 Å². The smallest absolute Gasteiger partial charge is 0.309 e. The molecule has 3 heterocycles. The Morgan fingerprint density at radius 3 is 2.55 bits per heavy atom. The summed E-state index contributed by atoms with van der Waals surface area (Å²) in [6.45, 7) is 0. The highest BCUT2D eigenvalue weighted by molar-refractivity contribution is 7.90. The maximum atomic E-state index is 12.1. The number of methoxy groups -OCH3 is 1. The zero-order chi connectivity index (χ0) is 20.6. The summed E-state index contributed by atoms with van der Waals surface area (Å²) in [5.41, 5.74) is 1.68. The van der Waals surface area contributed by atoms with Crippen molar-refractivity contribution in [1.82, 2.24) is 9.97 Å². The van der Waals surface area contributed by atoms with Gasteiger partial charge in [0.15, 0.2) is 15.7 Å². The number of halogens is 1. The first-order valence-electron chi connectivity index (χ1n) is 8.52. The lowest BCUT2D eigenvalue weighted by molar-refractivity contribution is -0.139. The molecule has 0 saturated carbocycles. The maximum absolute atomic E-state index is 12.1. The minimum Gasteiger partial charge on any atom is -0.469 e. The van der Waals surface area contributed by atoms with Crippen LogP contribution in [-0.4, -0.2) is 31.5 Å². The number of ether oxygens (including phenoxy) is 2. The number of hydrogen-bond donors (Lipinski definition) is 0. The van der Waals surface area contributed by atoms with Crippen molar-refractivity contribution < 1.29 is 22.7 Å². The molecule has 0 unspecified atom stereocenters. The van der Waals surface area contributed by atoms with Crippen LogP contribution in [0.5, 0.6) is 11.6 Å². The Hall–Kier alpha value is -2.49. The highest BCUT2D eigenvalue weighted by atomic mass is 35.5. The van der Waals surface area contributed by atoms with E-state index in [4.69, 9.17) is 16.3 Å². The third kappa shape index (κ3) is 4.42. The van der Waals surface area contributed by atoms with E-state index in [0.717, 1.165) is 10.4 Å². The van der Waals surface area contributed by atoms with E-state index in [-0.39, 0.29) is 29.8 Å². The molecule has 7 nitrogen and oxygen atoms in total. The Bertz CT molecular complexity index is 1190. The van der Waals surface area contributed by atoms with Crippen LogP contribution in [0, 0.1) is 0 Å². The zero-order valence-corrected chi connectivity index (χ0v) is 17.6. The molecule has 0 fully saturated rings. The van der Waals surface area contributed by atoms with Crippen LogP contribution in [0.15, 0.2) is 36.4 Å². The molecule has 1 aliphatic rings. The minimum atomic E-state index is -3.29. The first-order valence-corrected chi connectivity index (χ1v) is 11.5. The molecule has 0 bridgehead atoms. The SMILES string of the molecule is COC(=O)Cc1ccc(Oc2nc(-c3ccc(Cl)s3)nc3c2CS(=O)(=O)C3)cc1. The van der Waals surface area contributed by atoms with Crippen molar-refractivity contribution in [2.45, 2.75) is 17.9 Å². The van der Waals surface area contributed by atoms with E-state index in [1.807, 2.05) is 0 Å². The minimum absolute atomic E-state index is 0.147. The van der Waals surface area contributed by atoms with Gasteiger partial charge < -0.3 is 9.47 Å². The van der Waals surface area contributed by atoms with Crippen LogP contribution in [0.3, 0.4) is 0 Å². The van der Waals surface area contributed by atoms with Gasteiger partial charge in [0.2, 0.25) is 5.88 Å². The lowest BCUT2D eigenvalue weighted by Gasteiger charge is -2.10. The van der Waals surface area contributed by atoms with Crippen molar-refractivity contribution >= 4 is 38.7 Å². The summed E-state index contributed by atoms with van der Waals surface area (Å²) in [5.74, 6) is 0.400. The number of aromatic nitrogens is 2. The van der Waals surface area contributed by atoms with Crippen molar-refractivity contribution in [1.29, 1.82) is 0 Å². The number of fused-ring (bicyclic) bond motifs is 1. The Balaban J connectivity index is 1.68. The van der Waals surface area contributed by atoms with E-state index in [9.17, 15) is 13.2 Å². The number of rotatable bonds is 5. The van der Waals surface area contributed by atoms with E-state index in [0.29, 0.717) is 27.2 Å². The summed E-state index contributed by atoms with van der Waals surface area (Å²) in [4.78, 5) is 21.0. The molecule has 4 rings (SSSR count). The fraction of sp³-hybridized carbons (Fsp3) is 0.211. The lowest BCUT2D eigenvalue weighted by Crippen LogP contribution is -2.04. The molecule has 2 aromatic heterocycles. The normalized spacial score (nSPS) is 14.4. The predicted octanol–water partition coefficient (Wildman–Crippen LogP) is 3.79. The molecular weight excluding hydrogens is 436 g/mol. The molecule has 1 aliphatic heterocycles. The predicted molar refractivity (Wildman–Crippen MR) is 109 cm³/mol. The average molecular weight is 451 g/mol. The summed E-state index contributed by atoms with van der Waals surface area (Å²) in [6, 6.07) is 10.4. The second-order valence-corrected chi connectivity index (χ2v) is 10.2. The van der Waals surface area contributed by atoms with Crippen LogP contribution in [-0.2, 0) is 37.3 Å². The summed E-state index contributed by atoms with van der Waals surface area (Å²) in [6.07, 6.45) is 0.154. The molecule has 0 N–H and O–H groups in total. The van der Waals surface area contributed by atoms with E-state index in [1.165, 1.54) is 18.4 Å². The van der Waals surface area contributed by atoms with Gasteiger partial charge in [-0.05, 0) is 29.8 Å². The largest absolute Gasteiger partial charge is 0.469 e. The highest BCUT2D eigenvalue weighted by Crippen LogP contribution is 2.37. The Kier molecular flexibility index (Phi) is 5.28. The Morgan fingerprint density at radius 1 is 1.14 bits per heavy atom. The molecule has 10 heteroatoms. The quantitative estimate of drug-likeness (QED) is 0.545. The number of hydrogen-bond acceptors (Lipinski definition) is 8. The Morgan fingerprint density at radius 2 is 1.90 bits per heavy atom. The lowest BCUT2D eigenvalue weighted by atomic mass is 10.1. The molecule has 1 aromatic carbocycles. The summed E-state index contributed by atoms with van der Waals surface area (Å²) < 4.78 is 35.4. The van der Waals surface area contributed by atoms with Crippen molar-refractivity contribution in [3.05, 3.63) is 57.6 Å². The molecule has 0 amide bonds. The summed E-state index contributed by atoms with van der Waals surface area (Å²) in [5, 5.41) is 0. The topological polar surface area (TPSA) is 95.4 Å². The van der Waals surface area contributed by atoms with Gasteiger partial charge in [-0.15, -0.1) is 11.3 Å². The van der Waals surface area contributed by atoms with E-state index < -0.39 is 9.84 Å². The van der Waals surface area contributed by atoms with Crippen LogP contribution in [0.2, 0.25) is 4.34 Å². The van der Waals surface area contributed by atoms with Crippen LogP contribution < -0.4 is 4.74 Å².